The van der Waals surface area contributed by atoms with Crippen molar-refractivity contribution in [2.75, 3.05) is 13.6 Å². The van der Waals surface area contributed by atoms with E-state index >= 15 is 0 Å². The van der Waals surface area contributed by atoms with Gasteiger partial charge in [-0.2, -0.15) is 0 Å². The van der Waals surface area contributed by atoms with Crippen molar-refractivity contribution in [2.24, 2.45) is 5.41 Å². The summed E-state index contributed by atoms with van der Waals surface area (Å²) in [6.45, 7) is 6.35. The standard InChI is InChI=1S/C11H17ClN2O2S/c1-11(2,3)8-14(4)17(15,16)9-6-5-7-13-10(9)12/h5-7H,8H2,1-4H3. The molecule has 0 unspecified atom stereocenters. The highest BCUT2D eigenvalue weighted by atomic mass is 35.5. The summed E-state index contributed by atoms with van der Waals surface area (Å²) >= 11 is 5.81. The summed E-state index contributed by atoms with van der Waals surface area (Å²) in [5, 5.41) is 0.00765. The number of hydrogen-bond acceptors (Lipinski definition) is 3. The lowest BCUT2D eigenvalue weighted by atomic mass is 9.97. The number of aromatic nitrogens is 1. The van der Waals surface area contributed by atoms with Gasteiger partial charge in [0.2, 0.25) is 10.0 Å². The average Bonchev–Trinajstić information content (AvgIpc) is 2.15. The van der Waals surface area contributed by atoms with Gasteiger partial charge in [0.05, 0.1) is 0 Å². The first kappa shape index (κ1) is 14.4. The van der Waals surface area contributed by atoms with Crippen molar-refractivity contribution in [3.63, 3.8) is 0 Å². The number of rotatable bonds is 3. The Morgan fingerprint density at radius 2 is 2.00 bits per heavy atom. The van der Waals surface area contributed by atoms with Crippen LogP contribution in [0.2, 0.25) is 5.15 Å². The lowest BCUT2D eigenvalue weighted by molar-refractivity contribution is 0.310. The highest BCUT2D eigenvalue weighted by molar-refractivity contribution is 7.89. The Balaban J connectivity index is 3.09. The summed E-state index contributed by atoms with van der Waals surface area (Å²) in [5.74, 6) is 0. The monoisotopic (exact) mass is 276 g/mol. The molecule has 0 aromatic carbocycles. The van der Waals surface area contributed by atoms with Gasteiger partial charge in [-0.1, -0.05) is 32.4 Å². The van der Waals surface area contributed by atoms with Crippen LogP contribution in [-0.2, 0) is 10.0 Å². The van der Waals surface area contributed by atoms with E-state index in [4.69, 9.17) is 11.6 Å². The second kappa shape index (κ2) is 4.92. The molecule has 0 spiro atoms. The maximum atomic E-state index is 12.2. The molecule has 1 aromatic rings. The van der Waals surface area contributed by atoms with Gasteiger partial charge in [-0.3, -0.25) is 0 Å². The summed E-state index contributed by atoms with van der Waals surface area (Å²) in [6.07, 6.45) is 1.46. The second-order valence-corrected chi connectivity index (χ2v) is 7.49. The van der Waals surface area contributed by atoms with E-state index in [0.717, 1.165) is 0 Å². The van der Waals surface area contributed by atoms with Crippen molar-refractivity contribution in [3.05, 3.63) is 23.5 Å². The Morgan fingerprint density at radius 3 is 2.47 bits per heavy atom. The molecule has 0 saturated carbocycles. The van der Waals surface area contributed by atoms with Crippen LogP contribution in [0.3, 0.4) is 0 Å². The average molecular weight is 277 g/mol. The van der Waals surface area contributed by atoms with E-state index in [1.807, 2.05) is 20.8 Å². The molecule has 0 atom stereocenters. The van der Waals surface area contributed by atoms with Gasteiger partial charge < -0.3 is 0 Å². The van der Waals surface area contributed by atoms with Crippen LogP contribution in [0.4, 0.5) is 0 Å². The summed E-state index contributed by atoms with van der Waals surface area (Å²) in [5.41, 5.74) is -0.115. The fourth-order valence-corrected chi connectivity index (χ4v) is 3.31. The topological polar surface area (TPSA) is 50.3 Å². The lowest BCUT2D eigenvalue weighted by Crippen LogP contribution is -2.34. The van der Waals surface area contributed by atoms with Gasteiger partial charge in [-0.25, -0.2) is 17.7 Å². The van der Waals surface area contributed by atoms with Crippen LogP contribution in [0.1, 0.15) is 20.8 Å². The zero-order valence-corrected chi connectivity index (χ0v) is 12.0. The van der Waals surface area contributed by atoms with Crippen molar-refractivity contribution < 1.29 is 8.42 Å². The first-order valence-corrected chi connectivity index (χ1v) is 7.03. The number of hydrogen-bond donors (Lipinski definition) is 0. The van der Waals surface area contributed by atoms with Crippen molar-refractivity contribution in [1.82, 2.24) is 9.29 Å². The maximum Gasteiger partial charge on any atom is 0.245 e. The summed E-state index contributed by atoms with van der Waals surface area (Å²) in [6, 6.07) is 3.02. The van der Waals surface area contributed by atoms with Crippen molar-refractivity contribution >= 4 is 21.6 Å². The molecule has 96 valence electrons. The third kappa shape index (κ3) is 3.66. The molecule has 0 fully saturated rings. The van der Waals surface area contributed by atoms with Crippen molar-refractivity contribution in [2.45, 2.75) is 25.7 Å². The summed E-state index contributed by atoms with van der Waals surface area (Å²) in [4.78, 5) is 3.83. The Morgan fingerprint density at radius 1 is 1.41 bits per heavy atom. The third-order valence-corrected chi connectivity index (χ3v) is 4.36. The quantitative estimate of drug-likeness (QED) is 0.797. The van der Waals surface area contributed by atoms with Gasteiger partial charge in [0, 0.05) is 19.8 Å². The normalized spacial score (nSPS) is 13.1. The molecule has 1 rings (SSSR count). The third-order valence-electron chi connectivity index (χ3n) is 2.11. The molecule has 1 aromatic heterocycles. The Labute approximate surface area is 108 Å². The van der Waals surface area contributed by atoms with Gasteiger partial charge in [-0.05, 0) is 17.5 Å². The number of halogens is 1. The molecule has 4 nitrogen and oxygen atoms in total. The SMILES string of the molecule is CN(CC(C)(C)C)S(=O)(=O)c1cccnc1Cl. The van der Waals surface area contributed by atoms with Gasteiger partial charge in [0.25, 0.3) is 0 Å². The number of nitrogens with zero attached hydrogens (tertiary/aromatic N) is 2. The molecular formula is C11H17ClN2O2S. The van der Waals surface area contributed by atoms with Crippen LogP contribution >= 0.6 is 11.6 Å². The van der Waals surface area contributed by atoms with E-state index < -0.39 is 10.0 Å². The highest BCUT2D eigenvalue weighted by Crippen LogP contribution is 2.24. The molecular weight excluding hydrogens is 260 g/mol. The van der Waals surface area contributed by atoms with E-state index in [1.54, 1.807) is 13.1 Å². The highest BCUT2D eigenvalue weighted by Gasteiger charge is 2.27. The molecule has 0 N–H and O–H groups in total. The molecule has 0 bridgehead atoms. The van der Waals surface area contributed by atoms with Crippen molar-refractivity contribution in [3.8, 4) is 0 Å². The summed E-state index contributed by atoms with van der Waals surface area (Å²) in [7, 11) is -2.02. The maximum absolute atomic E-state index is 12.2. The molecule has 0 aliphatic carbocycles. The molecule has 1 heterocycles. The van der Waals surface area contributed by atoms with Gasteiger partial charge in [0.15, 0.2) is 0 Å². The van der Waals surface area contributed by atoms with Gasteiger partial charge in [0.1, 0.15) is 10.0 Å². The van der Waals surface area contributed by atoms with Crippen LogP contribution < -0.4 is 0 Å². The largest absolute Gasteiger partial charge is 0.245 e. The molecule has 0 radical (unpaired) electrons. The smallest absolute Gasteiger partial charge is 0.243 e. The van der Waals surface area contributed by atoms with Crippen molar-refractivity contribution in [1.29, 1.82) is 0 Å². The molecule has 0 aliphatic heterocycles. The predicted molar refractivity (Wildman–Crippen MR) is 68.5 cm³/mol. The van der Waals surface area contributed by atoms with Gasteiger partial charge in [-0.15, -0.1) is 0 Å². The van der Waals surface area contributed by atoms with Crippen LogP contribution in [-0.4, -0.2) is 31.3 Å². The van der Waals surface area contributed by atoms with Crippen LogP contribution in [0.25, 0.3) is 0 Å². The Kier molecular flexibility index (Phi) is 4.17. The van der Waals surface area contributed by atoms with Crippen LogP contribution in [0.15, 0.2) is 23.2 Å². The zero-order valence-electron chi connectivity index (χ0n) is 10.4. The van der Waals surface area contributed by atoms with E-state index in [1.165, 1.54) is 16.6 Å². The van der Waals surface area contributed by atoms with E-state index in [9.17, 15) is 8.42 Å². The fraction of sp³-hybridized carbons (Fsp3) is 0.545. The number of pyridine rings is 1. The van der Waals surface area contributed by atoms with Crippen LogP contribution in [0.5, 0.6) is 0 Å². The minimum absolute atomic E-state index is 0.00765. The molecule has 6 heteroatoms. The molecule has 0 amide bonds. The first-order chi connectivity index (χ1) is 7.64. The minimum atomic E-state index is -3.56. The first-order valence-electron chi connectivity index (χ1n) is 5.21. The van der Waals surface area contributed by atoms with Crippen LogP contribution in [0, 0.1) is 5.41 Å². The molecule has 0 saturated heterocycles. The minimum Gasteiger partial charge on any atom is -0.243 e. The Bertz CT molecular complexity index is 494. The van der Waals surface area contributed by atoms with E-state index in [0.29, 0.717) is 6.54 Å². The van der Waals surface area contributed by atoms with E-state index in [2.05, 4.69) is 4.98 Å². The zero-order chi connectivity index (χ0) is 13.3. The van der Waals surface area contributed by atoms with E-state index in [-0.39, 0.29) is 15.5 Å². The second-order valence-electron chi connectivity index (χ2n) is 5.11. The Hall–Kier alpha value is -0.650. The summed E-state index contributed by atoms with van der Waals surface area (Å²) < 4.78 is 25.8. The van der Waals surface area contributed by atoms with Gasteiger partial charge >= 0.3 is 0 Å². The molecule has 0 aliphatic rings. The molecule has 17 heavy (non-hydrogen) atoms. The lowest BCUT2D eigenvalue weighted by Gasteiger charge is -2.26. The predicted octanol–water partition coefficient (Wildman–Crippen LogP) is 2.40. The number of sulfonamides is 1. The fourth-order valence-electron chi connectivity index (χ4n) is 1.48.